The van der Waals surface area contributed by atoms with Gasteiger partial charge in [0.2, 0.25) is 10.0 Å². The summed E-state index contributed by atoms with van der Waals surface area (Å²) in [7, 11) is 3.09. The van der Waals surface area contributed by atoms with Crippen molar-refractivity contribution >= 4 is 21.4 Å². The average Bonchev–Trinajstić information content (AvgIpc) is 3.08. The Balaban J connectivity index is 2.22. The topological polar surface area (TPSA) is 67.9 Å². The predicted molar refractivity (Wildman–Crippen MR) is 95.5 cm³/mol. The SMILES string of the molecule is COc1ccc(S(=O)(=O)NCC(c2ccsc2)N(C)C)c(OC)c1. The quantitative estimate of drug-likeness (QED) is 0.773. The number of thiophene rings is 1. The lowest BCUT2D eigenvalue weighted by molar-refractivity contribution is 0.300. The van der Waals surface area contributed by atoms with E-state index in [1.807, 2.05) is 35.8 Å². The van der Waals surface area contributed by atoms with Crippen LogP contribution in [0.3, 0.4) is 0 Å². The van der Waals surface area contributed by atoms with E-state index in [1.165, 1.54) is 20.3 Å². The van der Waals surface area contributed by atoms with Gasteiger partial charge in [-0.25, -0.2) is 13.1 Å². The van der Waals surface area contributed by atoms with Crippen molar-refractivity contribution < 1.29 is 17.9 Å². The lowest BCUT2D eigenvalue weighted by Crippen LogP contribution is -2.34. The van der Waals surface area contributed by atoms with Crippen LogP contribution in [0.15, 0.2) is 39.9 Å². The first-order valence-corrected chi connectivity index (χ1v) is 9.72. The van der Waals surface area contributed by atoms with Crippen LogP contribution in [0, 0.1) is 0 Å². The van der Waals surface area contributed by atoms with Gasteiger partial charge in [0, 0.05) is 18.7 Å². The highest BCUT2D eigenvalue weighted by atomic mass is 32.2. The highest BCUT2D eigenvalue weighted by Gasteiger charge is 2.23. The van der Waals surface area contributed by atoms with Gasteiger partial charge in [-0.1, -0.05) is 0 Å². The van der Waals surface area contributed by atoms with Gasteiger partial charge in [0.25, 0.3) is 0 Å². The number of hydrogen-bond acceptors (Lipinski definition) is 6. The molecule has 0 spiro atoms. The lowest BCUT2D eigenvalue weighted by atomic mass is 10.1. The van der Waals surface area contributed by atoms with E-state index in [1.54, 1.807) is 23.5 Å². The fourth-order valence-electron chi connectivity index (χ4n) is 2.33. The van der Waals surface area contributed by atoms with Crippen molar-refractivity contribution in [2.45, 2.75) is 10.9 Å². The molecule has 0 aliphatic carbocycles. The Morgan fingerprint density at radius 1 is 1.21 bits per heavy atom. The van der Waals surface area contributed by atoms with Crippen molar-refractivity contribution in [3.8, 4) is 11.5 Å². The molecule has 8 heteroatoms. The minimum atomic E-state index is -3.70. The molecule has 0 bridgehead atoms. The molecule has 1 aromatic heterocycles. The lowest BCUT2D eigenvalue weighted by Gasteiger charge is -2.24. The van der Waals surface area contributed by atoms with E-state index < -0.39 is 10.0 Å². The molecule has 2 aromatic rings. The third-order valence-electron chi connectivity index (χ3n) is 3.68. The van der Waals surface area contributed by atoms with Gasteiger partial charge < -0.3 is 14.4 Å². The maximum atomic E-state index is 12.7. The van der Waals surface area contributed by atoms with Gasteiger partial charge in [-0.3, -0.25) is 0 Å². The zero-order valence-corrected chi connectivity index (χ0v) is 15.8. The highest BCUT2D eigenvalue weighted by molar-refractivity contribution is 7.89. The maximum absolute atomic E-state index is 12.7. The van der Waals surface area contributed by atoms with Crippen LogP contribution < -0.4 is 14.2 Å². The van der Waals surface area contributed by atoms with E-state index in [9.17, 15) is 8.42 Å². The molecule has 24 heavy (non-hydrogen) atoms. The van der Waals surface area contributed by atoms with Gasteiger partial charge in [-0.15, -0.1) is 0 Å². The Morgan fingerprint density at radius 2 is 1.96 bits per heavy atom. The van der Waals surface area contributed by atoms with E-state index in [0.29, 0.717) is 5.75 Å². The van der Waals surface area contributed by atoms with Gasteiger partial charge in [0.15, 0.2) is 0 Å². The average molecular weight is 370 g/mol. The first-order chi connectivity index (χ1) is 11.4. The van der Waals surface area contributed by atoms with Gasteiger partial charge in [-0.05, 0) is 48.6 Å². The van der Waals surface area contributed by atoms with Crippen LogP contribution in [0.5, 0.6) is 11.5 Å². The number of nitrogens with zero attached hydrogens (tertiary/aromatic N) is 1. The highest BCUT2D eigenvalue weighted by Crippen LogP contribution is 2.28. The van der Waals surface area contributed by atoms with Crippen LogP contribution in [0.25, 0.3) is 0 Å². The second-order valence-corrected chi connectivity index (χ2v) is 7.92. The van der Waals surface area contributed by atoms with E-state index >= 15 is 0 Å². The number of ether oxygens (including phenoxy) is 2. The van der Waals surface area contributed by atoms with E-state index in [0.717, 1.165) is 5.56 Å². The summed E-state index contributed by atoms with van der Waals surface area (Å²) < 4.78 is 38.3. The second-order valence-electron chi connectivity index (χ2n) is 5.40. The molecular formula is C16H22N2O4S2. The molecule has 0 radical (unpaired) electrons. The van der Waals surface area contributed by atoms with Crippen LogP contribution in [-0.2, 0) is 10.0 Å². The molecule has 6 nitrogen and oxygen atoms in total. The van der Waals surface area contributed by atoms with Crippen molar-refractivity contribution in [3.63, 3.8) is 0 Å². The summed E-state index contributed by atoms with van der Waals surface area (Å²) in [6, 6.07) is 6.58. The van der Waals surface area contributed by atoms with Gasteiger partial charge in [0.1, 0.15) is 16.4 Å². The number of methoxy groups -OCH3 is 2. The van der Waals surface area contributed by atoms with Crippen LogP contribution in [-0.4, -0.2) is 48.2 Å². The number of hydrogen-bond donors (Lipinski definition) is 1. The molecule has 2 rings (SSSR count). The molecular weight excluding hydrogens is 348 g/mol. The molecule has 0 aliphatic heterocycles. The minimum Gasteiger partial charge on any atom is -0.497 e. The molecule has 1 unspecified atom stereocenters. The zero-order chi connectivity index (χ0) is 17.7. The van der Waals surface area contributed by atoms with Crippen molar-refractivity contribution in [2.75, 3.05) is 34.9 Å². The van der Waals surface area contributed by atoms with Gasteiger partial charge >= 0.3 is 0 Å². The molecule has 1 N–H and O–H groups in total. The second kappa shape index (κ2) is 7.98. The van der Waals surface area contributed by atoms with Crippen LogP contribution in [0.4, 0.5) is 0 Å². The number of sulfonamides is 1. The first kappa shape index (κ1) is 18.7. The minimum absolute atomic E-state index is 0.0460. The standard InChI is InChI=1S/C16H22N2O4S2/c1-18(2)14(12-7-8-23-11-12)10-17-24(19,20)16-6-5-13(21-3)9-15(16)22-4/h5-9,11,14,17H,10H2,1-4H3. The van der Waals surface area contributed by atoms with E-state index in [2.05, 4.69) is 4.72 Å². The Morgan fingerprint density at radius 3 is 2.50 bits per heavy atom. The number of rotatable bonds is 8. The molecule has 0 saturated heterocycles. The third-order valence-corrected chi connectivity index (χ3v) is 5.84. The number of nitrogens with one attached hydrogen (secondary N) is 1. The summed E-state index contributed by atoms with van der Waals surface area (Å²) >= 11 is 1.59. The summed E-state index contributed by atoms with van der Waals surface area (Å²) in [5, 5.41) is 4.00. The third kappa shape index (κ3) is 4.27. The smallest absolute Gasteiger partial charge is 0.244 e. The van der Waals surface area contributed by atoms with Crippen LogP contribution in [0.2, 0.25) is 0 Å². The Labute approximate surface area is 147 Å². The summed E-state index contributed by atoms with van der Waals surface area (Å²) in [5.41, 5.74) is 1.08. The molecule has 1 aromatic carbocycles. The number of likely N-dealkylation sites (N-methyl/N-ethyl adjacent to an activating group) is 1. The van der Waals surface area contributed by atoms with Crippen molar-refractivity contribution in [2.24, 2.45) is 0 Å². The molecule has 1 atom stereocenters. The largest absolute Gasteiger partial charge is 0.497 e. The van der Waals surface area contributed by atoms with Crippen LogP contribution >= 0.6 is 11.3 Å². The summed E-state index contributed by atoms with van der Waals surface area (Å²) in [6.07, 6.45) is 0. The summed E-state index contributed by atoms with van der Waals surface area (Å²) in [5.74, 6) is 0.786. The first-order valence-electron chi connectivity index (χ1n) is 7.29. The predicted octanol–water partition coefficient (Wildman–Crippen LogP) is 2.35. The fraction of sp³-hybridized carbons (Fsp3) is 0.375. The fourth-order valence-corrected chi connectivity index (χ4v) is 4.22. The van der Waals surface area contributed by atoms with Gasteiger partial charge in [0.05, 0.1) is 14.2 Å². The van der Waals surface area contributed by atoms with E-state index in [-0.39, 0.29) is 23.2 Å². The Kier molecular flexibility index (Phi) is 6.22. The monoisotopic (exact) mass is 370 g/mol. The Hall–Kier alpha value is -1.61. The van der Waals surface area contributed by atoms with Crippen molar-refractivity contribution in [1.82, 2.24) is 9.62 Å². The molecule has 1 heterocycles. The van der Waals surface area contributed by atoms with E-state index in [4.69, 9.17) is 9.47 Å². The normalized spacial score (nSPS) is 13.0. The molecule has 0 fully saturated rings. The van der Waals surface area contributed by atoms with Crippen molar-refractivity contribution in [3.05, 3.63) is 40.6 Å². The summed E-state index contributed by atoms with van der Waals surface area (Å²) in [4.78, 5) is 2.07. The van der Waals surface area contributed by atoms with Crippen LogP contribution in [0.1, 0.15) is 11.6 Å². The molecule has 0 amide bonds. The summed E-state index contributed by atoms with van der Waals surface area (Å²) in [6.45, 7) is 0.265. The molecule has 0 aliphatic rings. The molecule has 0 saturated carbocycles. The Bertz CT molecular complexity index is 758. The van der Waals surface area contributed by atoms with Gasteiger partial charge in [-0.2, -0.15) is 11.3 Å². The zero-order valence-electron chi connectivity index (χ0n) is 14.1. The van der Waals surface area contributed by atoms with Crippen molar-refractivity contribution in [1.29, 1.82) is 0 Å². The maximum Gasteiger partial charge on any atom is 0.244 e. The number of benzene rings is 1. The molecule has 132 valence electrons.